The number of aliphatic hydroxyl groups excluding tert-OH is 1. The highest BCUT2D eigenvalue weighted by atomic mass is 16.5. The number of likely N-dealkylation sites (tertiary alicyclic amines) is 1. The molecule has 2 atom stereocenters. The Morgan fingerprint density at radius 1 is 1.79 bits per heavy atom. The van der Waals surface area contributed by atoms with E-state index in [-0.39, 0.29) is 6.10 Å². The highest BCUT2D eigenvalue weighted by molar-refractivity contribution is 4.94. The van der Waals surface area contributed by atoms with E-state index in [1.165, 1.54) is 0 Å². The fraction of sp³-hybridized carbons (Fsp3) is 0.700. The van der Waals surface area contributed by atoms with Gasteiger partial charge in [0.1, 0.15) is 0 Å². The second-order valence-corrected chi connectivity index (χ2v) is 4.00. The largest absolute Gasteiger partial charge is 0.393 e. The Balaban J connectivity index is 1.84. The summed E-state index contributed by atoms with van der Waals surface area (Å²) in [5, 5.41) is 13.1. The molecule has 4 nitrogen and oxygen atoms in total. The van der Waals surface area contributed by atoms with Gasteiger partial charge in [-0.3, -0.25) is 4.90 Å². The zero-order valence-electron chi connectivity index (χ0n) is 8.39. The quantitative estimate of drug-likeness (QED) is 0.779. The molecule has 4 heteroatoms. The molecule has 1 fully saturated rings. The molecule has 0 saturated carbocycles. The van der Waals surface area contributed by atoms with Gasteiger partial charge in [-0.2, -0.15) is 0 Å². The fourth-order valence-corrected chi connectivity index (χ4v) is 1.94. The van der Waals surface area contributed by atoms with Crippen molar-refractivity contribution < 1.29 is 9.63 Å². The molecule has 0 bridgehead atoms. The van der Waals surface area contributed by atoms with Crippen LogP contribution in [0.1, 0.15) is 19.1 Å². The molecule has 1 aromatic heterocycles. The van der Waals surface area contributed by atoms with Crippen molar-refractivity contribution >= 4 is 0 Å². The fourth-order valence-electron chi connectivity index (χ4n) is 1.94. The van der Waals surface area contributed by atoms with Gasteiger partial charge in [0.2, 0.25) is 0 Å². The van der Waals surface area contributed by atoms with Crippen LogP contribution < -0.4 is 0 Å². The van der Waals surface area contributed by atoms with Crippen LogP contribution in [0, 0.1) is 5.92 Å². The minimum atomic E-state index is -0.199. The third kappa shape index (κ3) is 2.13. The number of hydrogen-bond donors (Lipinski definition) is 1. The third-order valence-corrected chi connectivity index (χ3v) is 2.86. The van der Waals surface area contributed by atoms with Crippen molar-refractivity contribution in [2.45, 2.75) is 26.0 Å². The first-order valence-electron chi connectivity index (χ1n) is 5.05. The van der Waals surface area contributed by atoms with Crippen LogP contribution in [0.3, 0.4) is 0 Å². The summed E-state index contributed by atoms with van der Waals surface area (Å²) >= 11 is 0. The van der Waals surface area contributed by atoms with Crippen LogP contribution in [0.5, 0.6) is 0 Å². The zero-order chi connectivity index (χ0) is 9.97. The lowest BCUT2D eigenvalue weighted by atomic mass is 10.0. The van der Waals surface area contributed by atoms with E-state index in [0.717, 1.165) is 31.8 Å². The average molecular weight is 196 g/mol. The maximum absolute atomic E-state index is 9.43. The Kier molecular flexibility index (Phi) is 2.84. The van der Waals surface area contributed by atoms with Crippen LogP contribution in [-0.2, 0) is 6.54 Å². The number of nitrogens with zero attached hydrogens (tertiary/aromatic N) is 2. The Morgan fingerprint density at radius 2 is 2.64 bits per heavy atom. The molecule has 2 heterocycles. The number of aliphatic hydroxyl groups is 1. The molecule has 78 valence electrons. The zero-order valence-corrected chi connectivity index (χ0v) is 8.39. The van der Waals surface area contributed by atoms with Crippen LogP contribution >= 0.6 is 0 Å². The van der Waals surface area contributed by atoms with Gasteiger partial charge in [0, 0.05) is 12.6 Å². The van der Waals surface area contributed by atoms with Gasteiger partial charge in [-0.25, -0.2) is 0 Å². The first kappa shape index (κ1) is 9.68. The Hall–Kier alpha value is -0.870. The summed E-state index contributed by atoms with van der Waals surface area (Å²) in [5.74, 6) is 1.31. The van der Waals surface area contributed by atoms with Gasteiger partial charge in [0.05, 0.1) is 18.8 Å². The van der Waals surface area contributed by atoms with Crippen molar-refractivity contribution in [2.24, 2.45) is 5.92 Å². The van der Waals surface area contributed by atoms with Crippen LogP contribution in [0.15, 0.2) is 16.8 Å². The van der Waals surface area contributed by atoms with E-state index in [9.17, 15) is 5.11 Å². The number of rotatable bonds is 3. The molecule has 0 spiro atoms. The summed E-state index contributed by atoms with van der Waals surface area (Å²) in [4.78, 5) is 2.29. The van der Waals surface area contributed by atoms with Gasteiger partial charge < -0.3 is 9.63 Å². The maximum Gasteiger partial charge on any atom is 0.150 e. The molecule has 0 radical (unpaired) electrons. The lowest BCUT2D eigenvalue weighted by Gasteiger charge is -2.15. The third-order valence-electron chi connectivity index (χ3n) is 2.86. The molecule has 2 unspecified atom stereocenters. The summed E-state index contributed by atoms with van der Waals surface area (Å²) in [6, 6.07) is 1.88. The first-order valence-corrected chi connectivity index (χ1v) is 5.05. The second kappa shape index (κ2) is 4.11. The Labute approximate surface area is 83.5 Å². The molecular formula is C10H16N2O2. The predicted molar refractivity (Wildman–Crippen MR) is 51.6 cm³/mol. The smallest absolute Gasteiger partial charge is 0.150 e. The molecule has 0 aromatic carbocycles. The van der Waals surface area contributed by atoms with Crippen LogP contribution in [-0.4, -0.2) is 34.4 Å². The summed E-state index contributed by atoms with van der Waals surface area (Å²) in [6.45, 7) is 4.67. The van der Waals surface area contributed by atoms with E-state index in [1.54, 1.807) is 6.20 Å². The molecule has 1 N–H and O–H groups in total. The molecule has 1 aliphatic rings. The van der Waals surface area contributed by atoms with E-state index in [4.69, 9.17) is 4.52 Å². The molecule has 2 rings (SSSR count). The Morgan fingerprint density at radius 3 is 3.21 bits per heavy atom. The summed E-state index contributed by atoms with van der Waals surface area (Å²) < 4.78 is 5.04. The van der Waals surface area contributed by atoms with Gasteiger partial charge in [-0.05, 0) is 25.8 Å². The molecule has 14 heavy (non-hydrogen) atoms. The van der Waals surface area contributed by atoms with E-state index >= 15 is 0 Å². The van der Waals surface area contributed by atoms with Gasteiger partial charge in [-0.15, -0.1) is 0 Å². The SMILES string of the molecule is CC(O)C1CCN(Cc2ccno2)C1. The topological polar surface area (TPSA) is 49.5 Å². The Bertz CT molecular complexity index is 272. The first-order chi connectivity index (χ1) is 6.75. The minimum absolute atomic E-state index is 0.199. The number of aromatic nitrogens is 1. The van der Waals surface area contributed by atoms with Gasteiger partial charge in [0.15, 0.2) is 5.76 Å². The molecular weight excluding hydrogens is 180 g/mol. The van der Waals surface area contributed by atoms with Gasteiger partial charge in [-0.1, -0.05) is 5.16 Å². The molecule has 0 amide bonds. The van der Waals surface area contributed by atoms with Crippen molar-refractivity contribution in [1.29, 1.82) is 0 Å². The summed E-state index contributed by atoms with van der Waals surface area (Å²) in [6.07, 6.45) is 2.54. The van der Waals surface area contributed by atoms with Crippen molar-refractivity contribution in [3.63, 3.8) is 0 Å². The number of hydrogen-bond acceptors (Lipinski definition) is 4. The minimum Gasteiger partial charge on any atom is -0.393 e. The monoisotopic (exact) mass is 196 g/mol. The second-order valence-electron chi connectivity index (χ2n) is 4.00. The predicted octanol–water partition coefficient (Wildman–Crippen LogP) is 0.877. The lowest BCUT2D eigenvalue weighted by Crippen LogP contribution is -2.23. The van der Waals surface area contributed by atoms with Gasteiger partial charge >= 0.3 is 0 Å². The lowest BCUT2D eigenvalue weighted by molar-refractivity contribution is 0.126. The molecule has 0 aliphatic carbocycles. The van der Waals surface area contributed by atoms with Crippen LogP contribution in [0.4, 0.5) is 0 Å². The molecule has 1 aliphatic heterocycles. The van der Waals surface area contributed by atoms with E-state index in [1.807, 2.05) is 13.0 Å². The van der Waals surface area contributed by atoms with E-state index in [2.05, 4.69) is 10.1 Å². The van der Waals surface area contributed by atoms with Crippen LogP contribution in [0.25, 0.3) is 0 Å². The van der Waals surface area contributed by atoms with Crippen LogP contribution in [0.2, 0.25) is 0 Å². The maximum atomic E-state index is 9.43. The van der Waals surface area contributed by atoms with E-state index < -0.39 is 0 Å². The van der Waals surface area contributed by atoms with Crippen molar-refractivity contribution in [3.05, 3.63) is 18.0 Å². The van der Waals surface area contributed by atoms with Crippen molar-refractivity contribution in [2.75, 3.05) is 13.1 Å². The van der Waals surface area contributed by atoms with E-state index in [0.29, 0.717) is 5.92 Å². The molecule has 1 aromatic rings. The summed E-state index contributed by atoms with van der Waals surface area (Å²) in [7, 11) is 0. The standard InChI is InChI=1S/C10H16N2O2/c1-8(13)9-3-5-12(6-9)7-10-2-4-11-14-10/h2,4,8-9,13H,3,5-7H2,1H3. The van der Waals surface area contributed by atoms with Crippen molar-refractivity contribution in [3.8, 4) is 0 Å². The summed E-state index contributed by atoms with van der Waals surface area (Å²) in [5.41, 5.74) is 0. The normalized spacial score (nSPS) is 25.4. The highest BCUT2D eigenvalue weighted by Crippen LogP contribution is 2.21. The highest BCUT2D eigenvalue weighted by Gasteiger charge is 2.26. The molecule has 1 saturated heterocycles. The van der Waals surface area contributed by atoms with Crippen molar-refractivity contribution in [1.82, 2.24) is 10.1 Å². The van der Waals surface area contributed by atoms with Gasteiger partial charge in [0.25, 0.3) is 0 Å². The average Bonchev–Trinajstić information content (AvgIpc) is 2.75.